The number of nitrogens with two attached hydrogens (primary N) is 1. The summed E-state index contributed by atoms with van der Waals surface area (Å²) >= 11 is 5.95. The Kier molecular flexibility index (Phi) is 5.63. The summed E-state index contributed by atoms with van der Waals surface area (Å²) in [4.78, 5) is 19.1. The number of hydrogen-bond donors (Lipinski definition) is 1. The lowest BCUT2D eigenvalue weighted by atomic mass is 9.95. The molecule has 0 saturated carbocycles. The molecule has 2 N–H and O–H groups in total. The van der Waals surface area contributed by atoms with E-state index in [4.69, 9.17) is 17.3 Å². The highest BCUT2D eigenvalue weighted by atomic mass is 35.5. The SMILES string of the molecule is Cl.N[C@@H]1CN(Cc2cc(=O)n3cc(Cl)ccc3n2)C[C@H]1c1ccccc1. The molecule has 1 aliphatic heterocycles. The molecule has 2 aromatic heterocycles. The fourth-order valence-corrected chi connectivity index (χ4v) is 3.69. The lowest BCUT2D eigenvalue weighted by molar-refractivity contribution is 0.319. The molecule has 1 saturated heterocycles. The summed E-state index contributed by atoms with van der Waals surface area (Å²) in [6.07, 6.45) is 1.59. The van der Waals surface area contributed by atoms with E-state index in [1.54, 1.807) is 24.4 Å². The molecule has 3 heterocycles. The number of benzene rings is 1. The van der Waals surface area contributed by atoms with Crippen molar-refractivity contribution in [1.82, 2.24) is 14.3 Å². The molecule has 0 aliphatic carbocycles. The van der Waals surface area contributed by atoms with Gasteiger partial charge < -0.3 is 5.73 Å². The molecule has 136 valence electrons. The summed E-state index contributed by atoms with van der Waals surface area (Å²) in [6, 6.07) is 15.5. The van der Waals surface area contributed by atoms with E-state index in [-0.39, 0.29) is 24.0 Å². The van der Waals surface area contributed by atoms with E-state index in [2.05, 4.69) is 22.0 Å². The normalized spacial score (nSPS) is 20.2. The molecule has 4 rings (SSSR count). The summed E-state index contributed by atoms with van der Waals surface area (Å²) in [5.74, 6) is 0.307. The molecule has 0 radical (unpaired) electrons. The first-order chi connectivity index (χ1) is 12.1. The number of nitrogens with zero attached hydrogens (tertiary/aromatic N) is 3. The Morgan fingerprint density at radius 3 is 2.69 bits per heavy atom. The van der Waals surface area contributed by atoms with Crippen molar-refractivity contribution in [2.45, 2.75) is 18.5 Å². The van der Waals surface area contributed by atoms with Crippen LogP contribution in [0.15, 0.2) is 59.5 Å². The first-order valence-electron chi connectivity index (χ1n) is 8.31. The van der Waals surface area contributed by atoms with Gasteiger partial charge in [-0.25, -0.2) is 4.98 Å². The zero-order valence-corrected chi connectivity index (χ0v) is 15.7. The van der Waals surface area contributed by atoms with Crippen LogP contribution in [-0.2, 0) is 6.54 Å². The quantitative estimate of drug-likeness (QED) is 0.746. The van der Waals surface area contributed by atoms with Crippen molar-refractivity contribution < 1.29 is 0 Å². The molecule has 2 atom stereocenters. The smallest absolute Gasteiger partial charge is 0.258 e. The highest BCUT2D eigenvalue weighted by Gasteiger charge is 2.31. The van der Waals surface area contributed by atoms with Gasteiger partial charge in [0.2, 0.25) is 0 Å². The van der Waals surface area contributed by atoms with E-state index < -0.39 is 0 Å². The highest BCUT2D eigenvalue weighted by molar-refractivity contribution is 6.30. The van der Waals surface area contributed by atoms with Gasteiger partial charge in [-0.15, -0.1) is 12.4 Å². The van der Waals surface area contributed by atoms with Crippen molar-refractivity contribution in [2.75, 3.05) is 13.1 Å². The van der Waals surface area contributed by atoms with Gasteiger partial charge in [-0.1, -0.05) is 41.9 Å². The fourth-order valence-electron chi connectivity index (χ4n) is 3.53. The van der Waals surface area contributed by atoms with Crippen LogP contribution in [0.5, 0.6) is 0 Å². The third kappa shape index (κ3) is 3.76. The molecular formula is C19H20Cl2N4O. The number of hydrogen-bond acceptors (Lipinski definition) is 4. The minimum absolute atomic E-state index is 0. The monoisotopic (exact) mass is 390 g/mol. The minimum Gasteiger partial charge on any atom is -0.326 e. The third-order valence-electron chi connectivity index (χ3n) is 4.73. The second-order valence-corrected chi connectivity index (χ2v) is 6.97. The van der Waals surface area contributed by atoms with Crippen LogP contribution in [0.3, 0.4) is 0 Å². The fraction of sp³-hybridized carbons (Fsp3) is 0.263. The lowest BCUT2D eigenvalue weighted by Gasteiger charge is -2.16. The van der Waals surface area contributed by atoms with Gasteiger partial charge in [0.05, 0.1) is 10.7 Å². The van der Waals surface area contributed by atoms with Crippen LogP contribution in [0, 0.1) is 0 Å². The van der Waals surface area contributed by atoms with Gasteiger partial charge in [0.25, 0.3) is 5.56 Å². The van der Waals surface area contributed by atoms with Gasteiger partial charge >= 0.3 is 0 Å². The predicted octanol–water partition coefficient (Wildman–Crippen LogP) is 2.70. The Hall–Kier alpha value is -1.92. The molecule has 3 aromatic rings. The van der Waals surface area contributed by atoms with Gasteiger partial charge in [-0.05, 0) is 17.7 Å². The zero-order chi connectivity index (χ0) is 17.4. The van der Waals surface area contributed by atoms with E-state index >= 15 is 0 Å². The molecule has 5 nitrogen and oxygen atoms in total. The second kappa shape index (κ2) is 7.76. The standard InChI is InChI=1S/C19H19ClN4O.ClH/c20-14-6-7-18-22-15(8-19(25)24(18)9-14)10-23-11-16(17(21)12-23)13-4-2-1-3-5-13;/h1-9,16-17H,10-12,21H2;1H/t16-,17+;/m0./s1. The van der Waals surface area contributed by atoms with Crippen LogP contribution >= 0.6 is 24.0 Å². The van der Waals surface area contributed by atoms with Crippen molar-refractivity contribution in [3.63, 3.8) is 0 Å². The van der Waals surface area contributed by atoms with E-state index in [1.807, 2.05) is 18.2 Å². The maximum Gasteiger partial charge on any atom is 0.258 e. The Balaban J connectivity index is 0.00000196. The molecule has 26 heavy (non-hydrogen) atoms. The minimum atomic E-state index is -0.120. The summed E-state index contributed by atoms with van der Waals surface area (Å²) in [7, 11) is 0. The second-order valence-electron chi connectivity index (χ2n) is 6.54. The van der Waals surface area contributed by atoms with Gasteiger partial charge in [0.15, 0.2) is 0 Å². The Morgan fingerprint density at radius 1 is 1.15 bits per heavy atom. The van der Waals surface area contributed by atoms with E-state index in [1.165, 1.54) is 9.96 Å². The topological polar surface area (TPSA) is 63.6 Å². The third-order valence-corrected chi connectivity index (χ3v) is 4.95. The Bertz CT molecular complexity index is 961. The predicted molar refractivity (Wildman–Crippen MR) is 106 cm³/mol. The molecule has 0 spiro atoms. The summed E-state index contributed by atoms with van der Waals surface area (Å²) < 4.78 is 1.47. The molecular weight excluding hydrogens is 371 g/mol. The van der Waals surface area contributed by atoms with Crippen molar-refractivity contribution in [3.8, 4) is 0 Å². The number of rotatable bonds is 3. The molecule has 0 bridgehead atoms. The Labute approximate surface area is 162 Å². The van der Waals surface area contributed by atoms with Crippen molar-refractivity contribution in [3.05, 3.63) is 81.4 Å². The average molecular weight is 391 g/mol. The molecule has 1 fully saturated rings. The zero-order valence-electron chi connectivity index (χ0n) is 14.1. The first-order valence-corrected chi connectivity index (χ1v) is 8.69. The van der Waals surface area contributed by atoms with Crippen molar-refractivity contribution >= 4 is 29.7 Å². The average Bonchev–Trinajstić information content (AvgIpc) is 2.97. The maximum absolute atomic E-state index is 12.3. The molecule has 0 unspecified atom stereocenters. The van der Waals surface area contributed by atoms with Crippen molar-refractivity contribution in [1.29, 1.82) is 0 Å². The largest absolute Gasteiger partial charge is 0.326 e. The van der Waals surface area contributed by atoms with Crippen molar-refractivity contribution in [2.24, 2.45) is 5.73 Å². The summed E-state index contributed by atoms with van der Waals surface area (Å²) in [5, 5.41) is 0.514. The van der Waals surface area contributed by atoms with Crippen LogP contribution in [0.1, 0.15) is 17.2 Å². The van der Waals surface area contributed by atoms with E-state index in [0.29, 0.717) is 23.1 Å². The number of pyridine rings is 1. The number of halogens is 2. The van der Waals surface area contributed by atoms with Crippen LogP contribution in [0.4, 0.5) is 0 Å². The van der Waals surface area contributed by atoms with Gasteiger partial charge in [0.1, 0.15) is 5.65 Å². The lowest BCUT2D eigenvalue weighted by Crippen LogP contribution is -2.29. The Morgan fingerprint density at radius 2 is 1.92 bits per heavy atom. The summed E-state index contributed by atoms with van der Waals surface area (Å²) in [5.41, 5.74) is 8.86. The van der Waals surface area contributed by atoms with E-state index in [0.717, 1.165) is 18.8 Å². The number of fused-ring (bicyclic) bond motifs is 1. The van der Waals surface area contributed by atoms with Crippen LogP contribution < -0.4 is 11.3 Å². The first kappa shape index (κ1) is 18.9. The van der Waals surface area contributed by atoms with Gasteiger partial charge in [0, 0.05) is 43.9 Å². The van der Waals surface area contributed by atoms with E-state index in [9.17, 15) is 4.79 Å². The van der Waals surface area contributed by atoms with Gasteiger partial charge in [-0.2, -0.15) is 0 Å². The molecule has 1 aromatic carbocycles. The molecule has 1 aliphatic rings. The van der Waals surface area contributed by atoms with Crippen LogP contribution in [0.2, 0.25) is 5.02 Å². The van der Waals surface area contributed by atoms with Gasteiger partial charge in [-0.3, -0.25) is 14.1 Å². The van der Waals surface area contributed by atoms with Crippen LogP contribution in [0.25, 0.3) is 5.65 Å². The highest BCUT2D eigenvalue weighted by Crippen LogP contribution is 2.27. The maximum atomic E-state index is 12.3. The number of aromatic nitrogens is 2. The molecule has 7 heteroatoms. The summed E-state index contributed by atoms with van der Waals surface area (Å²) in [6.45, 7) is 2.28. The number of likely N-dealkylation sites (tertiary alicyclic amines) is 1. The molecule has 0 amide bonds. The van der Waals surface area contributed by atoms with Crippen LogP contribution in [-0.4, -0.2) is 33.4 Å².